The molecule has 384 valence electrons. The van der Waals surface area contributed by atoms with E-state index in [0.29, 0.717) is 149 Å². The van der Waals surface area contributed by atoms with Crippen molar-refractivity contribution in [3.05, 3.63) is 83.7 Å². The lowest BCUT2D eigenvalue weighted by molar-refractivity contribution is -0.134. The van der Waals surface area contributed by atoms with Crippen molar-refractivity contribution in [3.8, 4) is 0 Å². The number of ether oxygens (including phenoxy) is 5. The summed E-state index contributed by atoms with van der Waals surface area (Å²) < 4.78 is 57.8. The van der Waals surface area contributed by atoms with Gasteiger partial charge in [-0.1, -0.05) is 0 Å². The first kappa shape index (κ1) is 52.5. The molecule has 20 nitrogen and oxygen atoms in total. The molecule has 3 fully saturated rings. The van der Waals surface area contributed by atoms with E-state index in [-0.39, 0.29) is 59.7 Å². The highest BCUT2D eigenvalue weighted by atomic mass is 19.1. The monoisotopic (exact) mass is 990 g/mol. The van der Waals surface area contributed by atoms with Crippen LogP contribution in [0.15, 0.2) is 60.9 Å². The van der Waals surface area contributed by atoms with Gasteiger partial charge in [0, 0.05) is 81.8 Å². The normalized spacial score (nSPS) is 17.2. The third-order valence-electron chi connectivity index (χ3n) is 12.3. The van der Waals surface area contributed by atoms with E-state index in [1.165, 1.54) is 16.8 Å². The van der Waals surface area contributed by atoms with Crippen LogP contribution in [0.4, 0.5) is 26.0 Å². The van der Waals surface area contributed by atoms with Crippen molar-refractivity contribution >= 4 is 52.4 Å². The maximum atomic E-state index is 14.6. The highest BCUT2D eigenvalue weighted by molar-refractivity contribution is 6.01. The first-order chi connectivity index (χ1) is 34.6. The van der Waals surface area contributed by atoms with Crippen LogP contribution in [-0.2, 0) is 42.9 Å². The number of carbonyl (C=O) groups is 5. The molecule has 22 heteroatoms. The molecule has 3 aliphatic rings. The Labute approximate surface area is 411 Å². The van der Waals surface area contributed by atoms with Crippen LogP contribution in [0.2, 0.25) is 0 Å². The zero-order valence-electron chi connectivity index (χ0n) is 39.9. The molecule has 0 radical (unpaired) electrons. The van der Waals surface area contributed by atoms with Crippen LogP contribution < -0.4 is 31.1 Å². The summed E-state index contributed by atoms with van der Waals surface area (Å²) in [6.07, 6.45) is 6.33. The average molecular weight is 991 g/mol. The number of halogens is 2. The standard InChI is InChI=1S/C49H64F2N10O10/c50-35-4-9-40(51)38(33-35)42-3-1-17-60(42)43-12-18-61-47(56-43)39(34-54-61)48(65)53-16-2-15-52-44(62)13-23-67-25-27-69-29-31-71-32-30-70-28-26-68-24-14-46(64)59-21-19-58(20-22-59)37-7-5-36(6-8-37)55-41-10-11-45(63)57-49(41)66/h4-9,12,18,33-34,41-42,55H,1-3,10-11,13-17,19-32H2,(H,52,62)(H,53,65)(H,57,63,66). The molecule has 0 bridgehead atoms. The highest BCUT2D eigenvalue weighted by Gasteiger charge is 2.31. The second-order valence-corrected chi connectivity index (χ2v) is 17.2. The van der Waals surface area contributed by atoms with E-state index in [2.05, 4.69) is 36.2 Å². The van der Waals surface area contributed by atoms with Gasteiger partial charge < -0.3 is 54.3 Å². The molecule has 4 N–H and O–H groups in total. The second kappa shape index (κ2) is 27.3. The number of nitrogens with one attached hydrogen (secondary N) is 4. The smallest absolute Gasteiger partial charge is 0.256 e. The fourth-order valence-electron chi connectivity index (χ4n) is 8.49. The molecule has 2 atom stereocenters. The van der Waals surface area contributed by atoms with Gasteiger partial charge in [0.25, 0.3) is 5.91 Å². The number of benzene rings is 2. The third kappa shape index (κ3) is 15.8. The minimum Gasteiger partial charge on any atom is -0.379 e. The van der Waals surface area contributed by atoms with Gasteiger partial charge in [-0.05, 0) is 74.2 Å². The summed E-state index contributed by atoms with van der Waals surface area (Å²) in [6, 6.07) is 12.2. The van der Waals surface area contributed by atoms with Crippen molar-refractivity contribution in [2.45, 2.75) is 57.0 Å². The summed E-state index contributed by atoms with van der Waals surface area (Å²) in [7, 11) is 0. The number of aromatic nitrogens is 3. The molecule has 5 amide bonds. The lowest BCUT2D eigenvalue weighted by Crippen LogP contribution is -2.49. The topological polar surface area (TPSA) is 220 Å². The number of piperidine rings is 1. The van der Waals surface area contributed by atoms with Gasteiger partial charge in [-0.3, -0.25) is 29.3 Å². The van der Waals surface area contributed by atoms with Gasteiger partial charge >= 0.3 is 0 Å². The molecule has 2 unspecified atom stereocenters. The zero-order valence-corrected chi connectivity index (χ0v) is 39.9. The Hall–Kier alpha value is -6.33. The molecule has 3 aliphatic heterocycles. The molecule has 5 heterocycles. The van der Waals surface area contributed by atoms with E-state index in [9.17, 15) is 32.8 Å². The minimum atomic E-state index is -0.503. The number of fused-ring (bicyclic) bond motifs is 1. The number of carbonyl (C=O) groups excluding carboxylic acids is 5. The number of rotatable bonds is 28. The Morgan fingerprint density at radius 1 is 0.746 bits per heavy atom. The number of anilines is 3. The van der Waals surface area contributed by atoms with E-state index in [1.54, 1.807) is 12.3 Å². The van der Waals surface area contributed by atoms with Crippen LogP contribution >= 0.6 is 0 Å². The Kier molecular flexibility index (Phi) is 20.2. The Morgan fingerprint density at radius 3 is 2.10 bits per heavy atom. The Bertz CT molecular complexity index is 2390. The number of nitrogens with zero attached hydrogens (tertiary/aromatic N) is 6. The van der Waals surface area contributed by atoms with Gasteiger partial charge in [0.05, 0.1) is 84.7 Å². The maximum Gasteiger partial charge on any atom is 0.256 e. The van der Waals surface area contributed by atoms with E-state index < -0.39 is 17.7 Å². The van der Waals surface area contributed by atoms with Gasteiger partial charge in [0.15, 0.2) is 5.65 Å². The predicted octanol–water partition coefficient (Wildman–Crippen LogP) is 3.01. The van der Waals surface area contributed by atoms with Gasteiger partial charge in [0.2, 0.25) is 23.6 Å². The highest BCUT2D eigenvalue weighted by Crippen LogP contribution is 2.37. The summed E-state index contributed by atoms with van der Waals surface area (Å²) >= 11 is 0. The summed E-state index contributed by atoms with van der Waals surface area (Å²) in [5.74, 6) is -1.45. The molecule has 4 aromatic rings. The number of hydrogen-bond donors (Lipinski definition) is 4. The van der Waals surface area contributed by atoms with Gasteiger partial charge in [0.1, 0.15) is 29.1 Å². The predicted molar refractivity (Wildman–Crippen MR) is 257 cm³/mol. The van der Waals surface area contributed by atoms with Crippen LogP contribution in [-0.4, -0.2) is 167 Å². The van der Waals surface area contributed by atoms with Crippen LogP contribution in [0, 0.1) is 11.6 Å². The molecular weight excluding hydrogens is 927 g/mol. The lowest BCUT2D eigenvalue weighted by atomic mass is 10.0. The summed E-state index contributed by atoms with van der Waals surface area (Å²) in [6.45, 7) is 7.57. The van der Waals surface area contributed by atoms with Crippen molar-refractivity contribution < 1.29 is 56.4 Å². The summed E-state index contributed by atoms with van der Waals surface area (Å²) in [4.78, 5) is 72.2. The van der Waals surface area contributed by atoms with Crippen molar-refractivity contribution in [2.75, 3.05) is 127 Å². The number of amides is 5. The fourth-order valence-corrected chi connectivity index (χ4v) is 8.49. The van der Waals surface area contributed by atoms with E-state index >= 15 is 0 Å². The van der Waals surface area contributed by atoms with Crippen LogP contribution in [0.3, 0.4) is 0 Å². The van der Waals surface area contributed by atoms with Gasteiger partial charge in [-0.15, -0.1) is 0 Å². The van der Waals surface area contributed by atoms with Gasteiger partial charge in [-0.25, -0.2) is 18.3 Å². The average Bonchev–Trinajstić information content (AvgIpc) is 4.04. The fraction of sp³-hybridized carbons (Fsp3) is 0.531. The van der Waals surface area contributed by atoms with Crippen LogP contribution in [0.1, 0.15) is 66.9 Å². The van der Waals surface area contributed by atoms with Crippen molar-refractivity contribution in [2.24, 2.45) is 0 Å². The van der Waals surface area contributed by atoms with E-state index in [4.69, 9.17) is 23.7 Å². The largest absolute Gasteiger partial charge is 0.379 e. The first-order valence-electron chi connectivity index (χ1n) is 24.4. The molecule has 2 aromatic carbocycles. The van der Waals surface area contributed by atoms with Crippen molar-refractivity contribution in [1.29, 1.82) is 0 Å². The number of imide groups is 1. The molecule has 2 aromatic heterocycles. The zero-order chi connectivity index (χ0) is 49.8. The number of hydrogen-bond acceptors (Lipinski definition) is 15. The molecule has 0 saturated carbocycles. The van der Waals surface area contributed by atoms with Crippen molar-refractivity contribution in [1.82, 2.24) is 35.4 Å². The second-order valence-electron chi connectivity index (χ2n) is 17.2. The van der Waals surface area contributed by atoms with E-state index in [1.807, 2.05) is 34.1 Å². The molecule has 0 spiro atoms. The third-order valence-corrected chi connectivity index (χ3v) is 12.3. The Morgan fingerprint density at radius 2 is 1.41 bits per heavy atom. The maximum absolute atomic E-state index is 14.6. The molecule has 0 aliphatic carbocycles. The minimum absolute atomic E-state index is 0.0601. The van der Waals surface area contributed by atoms with Crippen LogP contribution in [0.25, 0.3) is 5.65 Å². The number of piperazine rings is 1. The molecule has 7 rings (SSSR count). The van der Waals surface area contributed by atoms with Gasteiger partial charge in [-0.2, -0.15) is 5.10 Å². The SMILES string of the molecule is O=C(CCOCCOCCOCCOCCOCCC(=O)N1CCN(c2ccc(NC3CCC(=O)NC3=O)cc2)CC1)NCCCNC(=O)c1cnn2ccc(N3CCCC3c3cc(F)ccc3F)nc12. The molecular formula is C49H64F2N10O10. The quantitative estimate of drug-likeness (QED) is 0.0475. The summed E-state index contributed by atoms with van der Waals surface area (Å²) in [5.41, 5.74) is 2.75. The lowest BCUT2D eigenvalue weighted by Gasteiger charge is -2.36. The van der Waals surface area contributed by atoms with Crippen LogP contribution in [0.5, 0.6) is 0 Å². The molecule has 71 heavy (non-hydrogen) atoms. The Balaban J connectivity index is 0.624. The van der Waals surface area contributed by atoms with E-state index in [0.717, 1.165) is 29.9 Å². The van der Waals surface area contributed by atoms with Crippen molar-refractivity contribution in [3.63, 3.8) is 0 Å². The first-order valence-corrected chi connectivity index (χ1v) is 24.4. The summed E-state index contributed by atoms with van der Waals surface area (Å²) in [5, 5.41) is 15.5. The molecule has 3 saturated heterocycles.